The van der Waals surface area contributed by atoms with E-state index in [1.54, 1.807) is 17.0 Å². The minimum Gasteiger partial charge on any atom is -0.353 e. The van der Waals surface area contributed by atoms with Crippen LogP contribution in [0.3, 0.4) is 0 Å². The molecule has 1 amide bonds. The van der Waals surface area contributed by atoms with Gasteiger partial charge in [0.05, 0.1) is 18.0 Å². The van der Waals surface area contributed by atoms with Crippen LogP contribution in [0.5, 0.6) is 0 Å². The summed E-state index contributed by atoms with van der Waals surface area (Å²) in [6.45, 7) is 0.619. The highest BCUT2D eigenvalue weighted by Crippen LogP contribution is 2.32. The highest BCUT2D eigenvalue weighted by Gasteiger charge is 2.40. The number of benzene rings is 2. The lowest BCUT2D eigenvalue weighted by molar-refractivity contribution is -0.132. The van der Waals surface area contributed by atoms with Gasteiger partial charge in [0.15, 0.2) is 0 Å². The highest BCUT2D eigenvalue weighted by molar-refractivity contribution is 7.89. The maximum atomic E-state index is 13.4. The Labute approximate surface area is 194 Å². The number of hydrogen-bond donors (Lipinski definition) is 0. The van der Waals surface area contributed by atoms with E-state index in [1.807, 2.05) is 60.3 Å². The molecule has 0 bridgehead atoms. The number of aromatic nitrogens is 1. The summed E-state index contributed by atoms with van der Waals surface area (Å²) in [5.41, 5.74) is 1.97. The molecule has 1 fully saturated rings. The van der Waals surface area contributed by atoms with Gasteiger partial charge in [0.2, 0.25) is 15.9 Å². The van der Waals surface area contributed by atoms with Crippen LogP contribution in [0.15, 0.2) is 77.8 Å². The van der Waals surface area contributed by atoms with Gasteiger partial charge in [0.25, 0.3) is 0 Å². The molecule has 0 radical (unpaired) electrons. The normalized spacial score (nSPS) is 14.0. The molecule has 0 N–H and O–H groups in total. The number of carbonyl (C=O) groups is 1. The molecular formula is C24H26ClN3O3S. The zero-order valence-electron chi connectivity index (χ0n) is 17.9. The standard InChI is InChI=1S/C24H26ClN3O3S/c1-26-15-5-8-22(26)17-27(16-19-6-3-2-4-7-19)24(29)18-28(21-11-12-21)32(30,31)23-13-9-20(25)10-14-23/h2-10,13-15,21H,11-12,16-18H2,1H3. The fraction of sp³-hybridized carbons (Fsp3) is 0.292. The number of nitrogens with zero attached hydrogens (tertiary/aromatic N) is 3. The lowest BCUT2D eigenvalue weighted by Gasteiger charge is -2.27. The maximum Gasteiger partial charge on any atom is 0.243 e. The summed E-state index contributed by atoms with van der Waals surface area (Å²) in [5.74, 6) is -0.223. The first kappa shape index (κ1) is 22.6. The van der Waals surface area contributed by atoms with E-state index >= 15 is 0 Å². The fourth-order valence-electron chi connectivity index (χ4n) is 3.64. The average molecular weight is 472 g/mol. The summed E-state index contributed by atoms with van der Waals surface area (Å²) in [6.07, 6.45) is 3.45. The van der Waals surface area contributed by atoms with E-state index in [0.717, 1.165) is 24.1 Å². The first-order valence-corrected chi connectivity index (χ1v) is 12.4. The molecule has 0 unspecified atom stereocenters. The maximum absolute atomic E-state index is 13.4. The third-order valence-electron chi connectivity index (χ3n) is 5.64. The number of aryl methyl sites for hydroxylation is 1. The van der Waals surface area contributed by atoms with Crippen molar-refractivity contribution in [2.45, 2.75) is 36.9 Å². The predicted molar refractivity (Wildman–Crippen MR) is 124 cm³/mol. The molecule has 1 aromatic heterocycles. The molecule has 1 saturated carbocycles. The molecule has 6 nitrogen and oxygen atoms in total. The molecule has 32 heavy (non-hydrogen) atoms. The second-order valence-corrected chi connectivity index (χ2v) is 10.4. The van der Waals surface area contributed by atoms with Crippen LogP contribution in [0.2, 0.25) is 5.02 Å². The first-order chi connectivity index (χ1) is 15.3. The topological polar surface area (TPSA) is 62.6 Å². The van der Waals surface area contributed by atoms with Crippen molar-refractivity contribution in [1.82, 2.24) is 13.8 Å². The second kappa shape index (κ2) is 9.48. The summed E-state index contributed by atoms with van der Waals surface area (Å²) in [6, 6.07) is 19.6. The van der Waals surface area contributed by atoms with Crippen LogP contribution >= 0.6 is 11.6 Å². The molecule has 0 atom stereocenters. The van der Waals surface area contributed by atoms with Gasteiger partial charge in [-0.25, -0.2) is 8.42 Å². The van der Waals surface area contributed by atoms with Crippen LogP contribution in [-0.2, 0) is 35.0 Å². The van der Waals surface area contributed by atoms with Gasteiger partial charge in [-0.05, 0) is 54.8 Å². The summed E-state index contributed by atoms with van der Waals surface area (Å²) in [4.78, 5) is 15.3. The van der Waals surface area contributed by atoms with E-state index in [-0.39, 0.29) is 23.4 Å². The first-order valence-electron chi connectivity index (χ1n) is 10.5. The van der Waals surface area contributed by atoms with E-state index in [2.05, 4.69) is 0 Å². The van der Waals surface area contributed by atoms with Crippen molar-refractivity contribution in [3.63, 3.8) is 0 Å². The van der Waals surface area contributed by atoms with Crippen molar-refractivity contribution in [2.75, 3.05) is 6.54 Å². The van der Waals surface area contributed by atoms with E-state index in [9.17, 15) is 13.2 Å². The van der Waals surface area contributed by atoms with Crippen molar-refractivity contribution in [3.05, 3.63) is 89.2 Å². The Morgan fingerprint density at radius 3 is 2.28 bits per heavy atom. The van der Waals surface area contributed by atoms with Gasteiger partial charge < -0.3 is 9.47 Å². The van der Waals surface area contributed by atoms with Gasteiger partial charge in [-0.15, -0.1) is 0 Å². The molecule has 2 aromatic carbocycles. The monoisotopic (exact) mass is 471 g/mol. The average Bonchev–Trinajstić information content (AvgIpc) is 3.54. The molecule has 8 heteroatoms. The summed E-state index contributed by atoms with van der Waals surface area (Å²) in [7, 11) is -1.87. The highest BCUT2D eigenvalue weighted by atomic mass is 35.5. The molecule has 4 rings (SSSR count). The Morgan fingerprint density at radius 1 is 1.00 bits per heavy atom. The van der Waals surface area contributed by atoms with Crippen LogP contribution in [-0.4, -0.2) is 40.7 Å². The Balaban J connectivity index is 1.58. The van der Waals surface area contributed by atoms with Crippen molar-refractivity contribution >= 4 is 27.5 Å². The number of rotatable bonds is 9. The number of carbonyl (C=O) groups excluding carboxylic acids is 1. The predicted octanol–water partition coefficient (Wildman–Crippen LogP) is 4.06. The molecule has 0 spiro atoms. The number of halogens is 1. The molecule has 3 aromatic rings. The van der Waals surface area contributed by atoms with Crippen molar-refractivity contribution < 1.29 is 13.2 Å². The van der Waals surface area contributed by atoms with Crippen molar-refractivity contribution in [3.8, 4) is 0 Å². The minimum atomic E-state index is -3.80. The smallest absolute Gasteiger partial charge is 0.243 e. The lowest BCUT2D eigenvalue weighted by atomic mass is 10.2. The molecular weight excluding hydrogens is 446 g/mol. The van der Waals surface area contributed by atoms with Crippen LogP contribution < -0.4 is 0 Å². The Hall–Kier alpha value is -2.61. The van der Waals surface area contributed by atoms with E-state index in [1.165, 1.54) is 16.4 Å². The zero-order valence-corrected chi connectivity index (χ0v) is 19.5. The molecule has 1 aliphatic carbocycles. The quantitative estimate of drug-likeness (QED) is 0.472. The van der Waals surface area contributed by atoms with Crippen LogP contribution in [0.4, 0.5) is 0 Å². The Morgan fingerprint density at radius 2 is 1.69 bits per heavy atom. The third kappa shape index (κ3) is 5.23. The van der Waals surface area contributed by atoms with E-state index < -0.39 is 10.0 Å². The third-order valence-corrected chi connectivity index (χ3v) is 7.80. The number of sulfonamides is 1. The number of hydrogen-bond acceptors (Lipinski definition) is 3. The van der Waals surface area contributed by atoms with Gasteiger partial charge in [-0.3, -0.25) is 4.79 Å². The van der Waals surface area contributed by atoms with E-state index in [4.69, 9.17) is 11.6 Å². The minimum absolute atomic E-state index is 0.145. The lowest BCUT2D eigenvalue weighted by Crippen LogP contribution is -2.43. The van der Waals surface area contributed by atoms with Gasteiger partial charge in [0.1, 0.15) is 0 Å². The zero-order chi connectivity index (χ0) is 22.7. The van der Waals surface area contributed by atoms with Gasteiger partial charge in [-0.1, -0.05) is 41.9 Å². The Kier molecular flexibility index (Phi) is 6.69. The SMILES string of the molecule is Cn1cccc1CN(Cc1ccccc1)C(=O)CN(C1CC1)S(=O)(=O)c1ccc(Cl)cc1. The summed E-state index contributed by atoms with van der Waals surface area (Å²) < 4.78 is 30.0. The van der Waals surface area contributed by atoms with Gasteiger partial charge in [0, 0.05) is 36.5 Å². The second-order valence-electron chi connectivity index (χ2n) is 8.08. The van der Waals surface area contributed by atoms with Crippen molar-refractivity contribution in [1.29, 1.82) is 0 Å². The Bertz CT molecular complexity index is 1170. The van der Waals surface area contributed by atoms with Crippen LogP contribution in [0.25, 0.3) is 0 Å². The van der Waals surface area contributed by atoms with Crippen LogP contribution in [0.1, 0.15) is 24.1 Å². The number of amides is 1. The fourth-order valence-corrected chi connectivity index (χ4v) is 5.40. The van der Waals surface area contributed by atoms with Gasteiger partial charge >= 0.3 is 0 Å². The van der Waals surface area contributed by atoms with Crippen LogP contribution in [0, 0.1) is 0 Å². The van der Waals surface area contributed by atoms with Gasteiger partial charge in [-0.2, -0.15) is 4.31 Å². The van der Waals surface area contributed by atoms with E-state index in [0.29, 0.717) is 18.1 Å². The summed E-state index contributed by atoms with van der Waals surface area (Å²) >= 11 is 5.93. The molecule has 0 aliphatic heterocycles. The largest absolute Gasteiger partial charge is 0.353 e. The molecule has 168 valence electrons. The molecule has 0 saturated heterocycles. The summed E-state index contributed by atoms with van der Waals surface area (Å²) in [5, 5.41) is 0.467. The van der Waals surface area contributed by atoms with Crippen molar-refractivity contribution in [2.24, 2.45) is 7.05 Å². The molecule has 1 heterocycles. The molecule has 1 aliphatic rings.